The molecule has 0 bridgehead atoms. The van der Waals surface area contributed by atoms with Gasteiger partial charge in [-0.1, -0.05) is 6.08 Å². The largest absolute Gasteiger partial charge is 0.389 e. The fourth-order valence-corrected chi connectivity index (χ4v) is 1.73. The number of hydrogen-bond donors (Lipinski definition) is 2. The van der Waals surface area contributed by atoms with Crippen molar-refractivity contribution in [1.82, 2.24) is 10.2 Å². The van der Waals surface area contributed by atoms with Gasteiger partial charge < -0.3 is 16.0 Å². The predicted molar refractivity (Wildman–Crippen MR) is 49.5 cm³/mol. The Kier molecular flexibility index (Phi) is 1.96. The molecule has 1 atom stereocenters. The van der Waals surface area contributed by atoms with Crippen LogP contribution in [0.1, 0.15) is 6.42 Å². The van der Waals surface area contributed by atoms with Gasteiger partial charge in [0.2, 0.25) is 5.91 Å². The number of hydrogen-bond acceptors (Lipinski definition) is 3. The minimum Gasteiger partial charge on any atom is -0.389 e. The fraction of sp³-hybridized carbons (Fsp3) is 0.444. The second-order valence-electron chi connectivity index (χ2n) is 3.28. The highest BCUT2D eigenvalue weighted by Crippen LogP contribution is 2.20. The summed E-state index contributed by atoms with van der Waals surface area (Å²) in [5.74, 6) is -0.276. The predicted octanol–water partition coefficient (Wildman–Crippen LogP) is -0.453. The maximum absolute atomic E-state index is 11.1. The molecule has 0 aromatic rings. The molecule has 4 heteroatoms. The van der Waals surface area contributed by atoms with Crippen LogP contribution in [-0.4, -0.2) is 29.9 Å². The molecule has 70 valence electrons. The van der Waals surface area contributed by atoms with E-state index in [0.29, 0.717) is 0 Å². The Bertz CT molecular complexity index is 283. The van der Waals surface area contributed by atoms with Gasteiger partial charge >= 0.3 is 0 Å². The zero-order valence-corrected chi connectivity index (χ0v) is 7.36. The van der Waals surface area contributed by atoms with E-state index in [1.54, 1.807) is 0 Å². The molecule has 0 aliphatic carbocycles. The van der Waals surface area contributed by atoms with Crippen LogP contribution in [0.2, 0.25) is 0 Å². The number of allylic oxidation sites excluding steroid dienone is 1. The number of rotatable bonds is 1. The van der Waals surface area contributed by atoms with Crippen LogP contribution in [0.5, 0.6) is 0 Å². The molecule has 0 saturated heterocycles. The van der Waals surface area contributed by atoms with Gasteiger partial charge in [-0.25, -0.2) is 0 Å². The monoisotopic (exact) mass is 179 g/mol. The molecule has 0 spiro atoms. The topological polar surface area (TPSA) is 58.4 Å². The van der Waals surface area contributed by atoms with Crippen molar-refractivity contribution in [2.75, 3.05) is 13.1 Å². The van der Waals surface area contributed by atoms with Gasteiger partial charge in [0.25, 0.3) is 0 Å². The van der Waals surface area contributed by atoms with E-state index in [2.05, 4.69) is 5.32 Å². The van der Waals surface area contributed by atoms with Gasteiger partial charge in [0.05, 0.1) is 5.70 Å². The Labute approximate surface area is 77.1 Å². The highest BCUT2D eigenvalue weighted by molar-refractivity contribution is 5.83. The van der Waals surface area contributed by atoms with Gasteiger partial charge in [0.1, 0.15) is 6.04 Å². The number of carbonyl (C=O) groups is 1. The lowest BCUT2D eigenvalue weighted by molar-refractivity contribution is -0.120. The summed E-state index contributed by atoms with van der Waals surface area (Å²) in [4.78, 5) is 13.1. The Morgan fingerprint density at radius 3 is 3.31 bits per heavy atom. The van der Waals surface area contributed by atoms with Crippen molar-refractivity contribution in [3.05, 3.63) is 24.0 Å². The summed E-state index contributed by atoms with van der Waals surface area (Å²) in [6, 6.07) is -0.244. The molecular weight excluding hydrogens is 166 g/mol. The SMILES string of the molecule is NC(=O)C1C=CC2=CNCCCN21. The van der Waals surface area contributed by atoms with Crippen LogP contribution in [0.3, 0.4) is 0 Å². The maximum atomic E-state index is 11.1. The molecule has 0 fully saturated rings. The van der Waals surface area contributed by atoms with Crippen molar-refractivity contribution in [2.24, 2.45) is 5.73 Å². The molecule has 0 saturated carbocycles. The van der Waals surface area contributed by atoms with E-state index >= 15 is 0 Å². The Morgan fingerprint density at radius 2 is 2.54 bits per heavy atom. The zero-order chi connectivity index (χ0) is 9.26. The summed E-state index contributed by atoms with van der Waals surface area (Å²) in [7, 11) is 0. The van der Waals surface area contributed by atoms with Crippen LogP contribution in [0, 0.1) is 0 Å². The average molecular weight is 179 g/mol. The van der Waals surface area contributed by atoms with Crippen molar-refractivity contribution in [3.8, 4) is 0 Å². The second-order valence-corrected chi connectivity index (χ2v) is 3.28. The molecule has 2 aliphatic rings. The molecule has 4 nitrogen and oxygen atoms in total. The number of primary amides is 1. The first-order valence-corrected chi connectivity index (χ1v) is 4.47. The summed E-state index contributed by atoms with van der Waals surface area (Å²) in [6.45, 7) is 1.85. The van der Waals surface area contributed by atoms with Gasteiger partial charge in [0, 0.05) is 19.3 Å². The zero-order valence-electron chi connectivity index (χ0n) is 7.36. The van der Waals surface area contributed by atoms with Gasteiger partial charge in [-0.2, -0.15) is 0 Å². The molecule has 0 aromatic heterocycles. The van der Waals surface area contributed by atoms with Crippen LogP contribution in [-0.2, 0) is 4.79 Å². The summed E-state index contributed by atoms with van der Waals surface area (Å²) in [5.41, 5.74) is 6.33. The van der Waals surface area contributed by atoms with Gasteiger partial charge in [0.15, 0.2) is 0 Å². The lowest BCUT2D eigenvalue weighted by Crippen LogP contribution is -2.39. The number of nitrogens with two attached hydrogens (primary N) is 1. The van der Waals surface area contributed by atoms with E-state index in [4.69, 9.17) is 5.73 Å². The molecule has 13 heavy (non-hydrogen) atoms. The fourth-order valence-electron chi connectivity index (χ4n) is 1.73. The van der Waals surface area contributed by atoms with E-state index in [-0.39, 0.29) is 11.9 Å². The van der Waals surface area contributed by atoms with E-state index in [9.17, 15) is 4.79 Å². The first kappa shape index (κ1) is 8.16. The molecular formula is C9H13N3O. The van der Waals surface area contributed by atoms with Crippen molar-refractivity contribution in [3.63, 3.8) is 0 Å². The third-order valence-electron chi connectivity index (χ3n) is 2.38. The highest BCUT2D eigenvalue weighted by Gasteiger charge is 2.27. The first-order valence-electron chi connectivity index (χ1n) is 4.47. The van der Waals surface area contributed by atoms with E-state index in [1.807, 2.05) is 23.3 Å². The van der Waals surface area contributed by atoms with Crippen LogP contribution >= 0.6 is 0 Å². The molecule has 3 N–H and O–H groups in total. The lowest BCUT2D eigenvalue weighted by Gasteiger charge is -2.23. The number of nitrogens with zero attached hydrogens (tertiary/aromatic N) is 1. The Balaban J connectivity index is 2.21. The number of fused-ring (bicyclic) bond motifs is 1. The number of amides is 1. The summed E-state index contributed by atoms with van der Waals surface area (Å²) >= 11 is 0. The highest BCUT2D eigenvalue weighted by atomic mass is 16.1. The van der Waals surface area contributed by atoms with Gasteiger partial charge in [-0.05, 0) is 12.5 Å². The van der Waals surface area contributed by atoms with Gasteiger partial charge in [-0.15, -0.1) is 0 Å². The van der Waals surface area contributed by atoms with E-state index < -0.39 is 0 Å². The van der Waals surface area contributed by atoms with Crippen molar-refractivity contribution in [1.29, 1.82) is 0 Å². The quantitative estimate of drug-likeness (QED) is 0.573. The smallest absolute Gasteiger partial charge is 0.244 e. The molecule has 2 heterocycles. The molecule has 1 unspecified atom stereocenters. The number of carbonyl (C=O) groups excluding carboxylic acids is 1. The maximum Gasteiger partial charge on any atom is 0.244 e. The van der Waals surface area contributed by atoms with Gasteiger partial charge in [-0.3, -0.25) is 4.79 Å². The van der Waals surface area contributed by atoms with Crippen LogP contribution in [0.4, 0.5) is 0 Å². The van der Waals surface area contributed by atoms with Crippen molar-refractivity contribution >= 4 is 5.91 Å². The Morgan fingerprint density at radius 1 is 1.69 bits per heavy atom. The summed E-state index contributed by atoms with van der Waals surface area (Å²) in [6.07, 6.45) is 6.76. The molecule has 0 radical (unpaired) electrons. The molecule has 2 aliphatic heterocycles. The van der Waals surface area contributed by atoms with E-state index in [0.717, 1.165) is 25.2 Å². The molecule has 0 aromatic carbocycles. The third-order valence-corrected chi connectivity index (χ3v) is 2.38. The third kappa shape index (κ3) is 1.39. The molecule has 2 rings (SSSR count). The Hall–Kier alpha value is -1.45. The lowest BCUT2D eigenvalue weighted by atomic mass is 10.2. The van der Waals surface area contributed by atoms with E-state index in [1.165, 1.54) is 0 Å². The van der Waals surface area contributed by atoms with Crippen LogP contribution in [0.15, 0.2) is 24.0 Å². The minimum atomic E-state index is -0.276. The standard InChI is InChI=1S/C9H13N3O/c10-9(13)8-3-2-7-6-11-4-1-5-12(7)8/h2-3,6,8,11H,1,4-5H2,(H2,10,13). The van der Waals surface area contributed by atoms with Crippen LogP contribution in [0.25, 0.3) is 0 Å². The first-order chi connectivity index (χ1) is 6.29. The van der Waals surface area contributed by atoms with Crippen molar-refractivity contribution in [2.45, 2.75) is 12.5 Å². The molecule has 1 amide bonds. The summed E-state index contributed by atoms with van der Waals surface area (Å²) in [5, 5.41) is 3.17. The van der Waals surface area contributed by atoms with Crippen LogP contribution < -0.4 is 11.1 Å². The average Bonchev–Trinajstić information content (AvgIpc) is 2.36. The summed E-state index contributed by atoms with van der Waals surface area (Å²) < 4.78 is 0. The number of nitrogens with one attached hydrogen (secondary N) is 1. The van der Waals surface area contributed by atoms with Crippen molar-refractivity contribution < 1.29 is 4.79 Å². The second kappa shape index (κ2) is 3.12. The minimum absolute atomic E-state index is 0.244. The normalized spacial score (nSPS) is 26.0.